The smallest absolute Gasteiger partial charge is 0.318 e. The van der Waals surface area contributed by atoms with Gasteiger partial charge in [0.2, 0.25) is 10.0 Å². The number of hydrogen-bond acceptors (Lipinski definition) is 7. The van der Waals surface area contributed by atoms with Gasteiger partial charge in [0.15, 0.2) is 0 Å². The van der Waals surface area contributed by atoms with Crippen LogP contribution in [0, 0.1) is 6.92 Å². The average molecular weight is 569 g/mol. The third kappa shape index (κ3) is 5.51. The summed E-state index contributed by atoms with van der Waals surface area (Å²) in [5.74, 6) is 6.09. The van der Waals surface area contributed by atoms with Gasteiger partial charge in [-0.3, -0.25) is 18.9 Å². The second-order valence-corrected chi connectivity index (χ2v) is 12.3. The standard InChI is InChI=1S/C28H33FN6O4S/c1-19-14-20(10-13-31-19)16-34-25-9-8-22(40(38,39)32-28(18-29)11-12-28)15-23(25)26(36)35(27(34)37)17-21-6-4-3-5-7-24(21)33(2)30/h4,6,8-10,13-15,32H,3,5,7,11-12,16-18,30H2,1-2H3. The highest BCUT2D eigenvalue weighted by Crippen LogP contribution is 2.37. The predicted molar refractivity (Wildman–Crippen MR) is 151 cm³/mol. The SMILES string of the molecule is Cc1cc(Cn2c(=O)n(CC3=C(N(C)N)CCCC=C3)c(=O)c3cc(S(=O)(=O)NC4(CF)CC4)ccc32)ccn1. The molecule has 2 aromatic heterocycles. The van der Waals surface area contributed by atoms with Gasteiger partial charge in [0, 0.05) is 24.6 Å². The van der Waals surface area contributed by atoms with Gasteiger partial charge in [0.25, 0.3) is 5.56 Å². The number of hydrazine groups is 1. The zero-order valence-corrected chi connectivity index (χ0v) is 23.4. The van der Waals surface area contributed by atoms with Gasteiger partial charge in [-0.05, 0) is 80.5 Å². The molecule has 2 aliphatic rings. The number of allylic oxidation sites excluding steroid dienone is 4. The minimum Gasteiger partial charge on any atom is -0.318 e. The second-order valence-electron chi connectivity index (χ2n) is 10.6. The number of fused-ring (bicyclic) bond motifs is 1. The predicted octanol–water partition coefficient (Wildman–Crippen LogP) is 2.50. The van der Waals surface area contributed by atoms with Crippen LogP contribution in [0.5, 0.6) is 0 Å². The van der Waals surface area contributed by atoms with Crippen molar-refractivity contribution in [2.24, 2.45) is 5.84 Å². The van der Waals surface area contributed by atoms with Gasteiger partial charge in [-0.2, -0.15) is 0 Å². The number of nitrogens with one attached hydrogen (secondary N) is 1. The van der Waals surface area contributed by atoms with Crippen LogP contribution in [0.25, 0.3) is 10.9 Å². The molecular weight excluding hydrogens is 535 g/mol. The van der Waals surface area contributed by atoms with Gasteiger partial charge >= 0.3 is 5.69 Å². The summed E-state index contributed by atoms with van der Waals surface area (Å²) in [6.07, 6.45) is 8.75. The first-order valence-electron chi connectivity index (χ1n) is 13.2. The Morgan fingerprint density at radius 2 is 1.93 bits per heavy atom. The van der Waals surface area contributed by atoms with Crippen molar-refractivity contribution in [3.63, 3.8) is 0 Å². The maximum absolute atomic E-state index is 13.9. The van der Waals surface area contributed by atoms with Gasteiger partial charge in [0.05, 0.1) is 34.4 Å². The second kappa shape index (κ2) is 10.8. The topological polar surface area (TPSA) is 132 Å². The Kier molecular flexibility index (Phi) is 7.51. The summed E-state index contributed by atoms with van der Waals surface area (Å²) in [5.41, 5.74) is 1.19. The van der Waals surface area contributed by atoms with Crippen LogP contribution in [0.3, 0.4) is 0 Å². The average Bonchev–Trinajstić information content (AvgIpc) is 3.72. The number of aryl methyl sites for hydroxylation is 1. The lowest BCUT2D eigenvalue weighted by molar-refractivity contribution is 0.393. The number of benzene rings is 1. The molecule has 2 heterocycles. The highest BCUT2D eigenvalue weighted by molar-refractivity contribution is 7.89. The molecule has 0 saturated heterocycles. The van der Waals surface area contributed by atoms with Crippen LogP contribution in [-0.2, 0) is 23.1 Å². The van der Waals surface area contributed by atoms with Crippen molar-refractivity contribution in [3.8, 4) is 0 Å². The molecule has 5 rings (SSSR count). The first-order chi connectivity index (χ1) is 19.0. The monoisotopic (exact) mass is 568 g/mol. The van der Waals surface area contributed by atoms with E-state index in [0.29, 0.717) is 24.8 Å². The Labute approximate surface area is 231 Å². The van der Waals surface area contributed by atoms with Gasteiger partial charge in [-0.25, -0.2) is 28.2 Å². The molecular formula is C28H33FN6O4S. The number of pyridine rings is 1. The zero-order valence-electron chi connectivity index (χ0n) is 22.6. The van der Waals surface area contributed by atoms with Crippen molar-refractivity contribution in [2.75, 3.05) is 13.7 Å². The maximum atomic E-state index is 13.9. The van der Waals surface area contributed by atoms with E-state index in [1.807, 2.05) is 25.1 Å². The lowest BCUT2D eigenvalue weighted by Crippen LogP contribution is -2.41. The van der Waals surface area contributed by atoms with E-state index in [4.69, 9.17) is 5.84 Å². The maximum Gasteiger partial charge on any atom is 0.332 e. The number of sulfonamides is 1. The highest BCUT2D eigenvalue weighted by atomic mass is 32.2. The van der Waals surface area contributed by atoms with Gasteiger partial charge in [-0.15, -0.1) is 0 Å². The minimum atomic E-state index is -4.11. The van der Waals surface area contributed by atoms with E-state index in [2.05, 4.69) is 9.71 Å². The number of nitrogens with two attached hydrogens (primary N) is 1. The van der Waals surface area contributed by atoms with Gasteiger partial charge < -0.3 is 5.01 Å². The summed E-state index contributed by atoms with van der Waals surface area (Å²) in [5, 5.41) is 1.57. The summed E-state index contributed by atoms with van der Waals surface area (Å²) < 4.78 is 44.8. The van der Waals surface area contributed by atoms with Crippen molar-refractivity contribution in [2.45, 2.75) is 62.6 Å². The van der Waals surface area contributed by atoms with Crippen LogP contribution >= 0.6 is 0 Å². The molecule has 0 amide bonds. The van der Waals surface area contributed by atoms with Crippen molar-refractivity contribution < 1.29 is 12.8 Å². The molecule has 12 heteroatoms. The van der Waals surface area contributed by atoms with E-state index in [1.54, 1.807) is 19.3 Å². The number of nitrogens with zero attached hydrogens (tertiary/aromatic N) is 4. The molecule has 1 fully saturated rings. The summed E-state index contributed by atoms with van der Waals surface area (Å²) in [6.45, 7) is 1.15. The van der Waals surface area contributed by atoms with Crippen LogP contribution < -0.4 is 21.8 Å². The fourth-order valence-corrected chi connectivity index (χ4v) is 6.56. The van der Waals surface area contributed by atoms with Crippen molar-refractivity contribution in [3.05, 3.63) is 92.0 Å². The summed E-state index contributed by atoms with van der Waals surface area (Å²) >= 11 is 0. The van der Waals surface area contributed by atoms with E-state index >= 15 is 0 Å². The molecule has 40 heavy (non-hydrogen) atoms. The van der Waals surface area contributed by atoms with Crippen LogP contribution in [0.4, 0.5) is 4.39 Å². The minimum absolute atomic E-state index is 0.0312. The Morgan fingerprint density at radius 1 is 1.15 bits per heavy atom. The number of rotatable bonds is 9. The van der Waals surface area contributed by atoms with Gasteiger partial charge in [-0.1, -0.05) is 12.2 Å². The molecule has 0 bridgehead atoms. The number of aromatic nitrogens is 3. The van der Waals surface area contributed by atoms with Crippen molar-refractivity contribution in [1.29, 1.82) is 0 Å². The van der Waals surface area contributed by atoms with Crippen LogP contribution in [0.15, 0.2) is 74.4 Å². The van der Waals surface area contributed by atoms with Crippen LogP contribution in [0.2, 0.25) is 0 Å². The lowest BCUT2D eigenvalue weighted by atomic mass is 10.1. The molecule has 0 radical (unpaired) electrons. The molecule has 3 aromatic rings. The molecule has 0 aliphatic heterocycles. The molecule has 2 aliphatic carbocycles. The molecule has 0 unspecified atom stereocenters. The Morgan fingerprint density at radius 3 is 2.60 bits per heavy atom. The van der Waals surface area contributed by atoms with Gasteiger partial charge in [0.1, 0.15) is 6.67 Å². The molecule has 212 valence electrons. The molecule has 10 nitrogen and oxygen atoms in total. The third-order valence-corrected chi connectivity index (χ3v) is 9.07. The first kappa shape index (κ1) is 27.9. The van der Waals surface area contributed by atoms with E-state index in [1.165, 1.54) is 27.8 Å². The Balaban J connectivity index is 1.70. The van der Waals surface area contributed by atoms with Crippen molar-refractivity contribution >= 4 is 20.9 Å². The summed E-state index contributed by atoms with van der Waals surface area (Å²) in [4.78, 5) is 31.8. The largest absolute Gasteiger partial charge is 0.332 e. The highest BCUT2D eigenvalue weighted by Gasteiger charge is 2.46. The van der Waals surface area contributed by atoms with Crippen LogP contribution in [0.1, 0.15) is 43.4 Å². The quantitative estimate of drug-likeness (QED) is 0.299. The third-order valence-electron chi connectivity index (χ3n) is 7.50. The summed E-state index contributed by atoms with van der Waals surface area (Å²) in [6, 6.07) is 7.71. The van der Waals surface area contributed by atoms with E-state index in [0.717, 1.165) is 39.9 Å². The molecule has 1 saturated carbocycles. The fourth-order valence-electron chi connectivity index (χ4n) is 5.09. The van der Waals surface area contributed by atoms with Crippen LogP contribution in [-0.4, -0.2) is 46.8 Å². The van der Waals surface area contributed by atoms with E-state index in [9.17, 15) is 22.4 Å². The molecule has 0 spiro atoms. The summed E-state index contributed by atoms with van der Waals surface area (Å²) in [7, 11) is -2.39. The number of hydrogen-bond donors (Lipinski definition) is 2. The first-order valence-corrected chi connectivity index (χ1v) is 14.7. The fraction of sp³-hybridized carbons (Fsp3) is 0.393. The zero-order chi connectivity index (χ0) is 28.7. The normalized spacial score (nSPS) is 16.8. The molecule has 3 N–H and O–H groups in total. The molecule has 0 atom stereocenters. The van der Waals surface area contributed by atoms with Crippen molar-refractivity contribution in [1.82, 2.24) is 23.8 Å². The Bertz CT molecular complexity index is 1750. The van der Waals surface area contributed by atoms with E-state index in [-0.39, 0.29) is 23.4 Å². The number of alkyl halides is 1. The van der Waals surface area contributed by atoms with E-state index < -0.39 is 33.5 Å². The Hall–Kier alpha value is -3.61. The number of halogens is 1. The molecule has 1 aromatic carbocycles. The lowest BCUT2D eigenvalue weighted by Gasteiger charge is -2.21.